The summed E-state index contributed by atoms with van der Waals surface area (Å²) in [6, 6.07) is 10.9. The Labute approximate surface area is 152 Å². The molecule has 0 saturated carbocycles. The van der Waals surface area contributed by atoms with Crippen LogP contribution in [0.1, 0.15) is 57.6 Å². The number of ether oxygens (including phenoxy) is 1. The summed E-state index contributed by atoms with van der Waals surface area (Å²) in [7, 11) is 1.54. The molecule has 1 aliphatic carbocycles. The van der Waals surface area contributed by atoms with Crippen LogP contribution in [-0.2, 0) is 9.53 Å². The van der Waals surface area contributed by atoms with Crippen molar-refractivity contribution < 1.29 is 9.53 Å². The van der Waals surface area contributed by atoms with Crippen LogP contribution in [0.4, 0.5) is 0 Å². The van der Waals surface area contributed by atoms with E-state index in [0.717, 1.165) is 32.4 Å². The Morgan fingerprint density at radius 1 is 1.32 bits per heavy atom. The number of hydrogen-bond donors (Lipinski definition) is 0. The fourth-order valence-corrected chi connectivity index (χ4v) is 4.59. The van der Waals surface area contributed by atoms with Crippen LogP contribution in [0.2, 0.25) is 0 Å². The van der Waals surface area contributed by atoms with Gasteiger partial charge in [0.25, 0.3) is 0 Å². The minimum absolute atomic E-state index is 0.0331. The van der Waals surface area contributed by atoms with E-state index in [4.69, 9.17) is 4.74 Å². The first-order chi connectivity index (χ1) is 12.1. The lowest BCUT2D eigenvalue weighted by Gasteiger charge is -2.33. The molecule has 1 fully saturated rings. The molecule has 1 aliphatic heterocycles. The van der Waals surface area contributed by atoms with E-state index in [1.54, 1.807) is 0 Å². The summed E-state index contributed by atoms with van der Waals surface area (Å²) in [5.74, 6) is 0.267. The third kappa shape index (κ3) is 3.67. The lowest BCUT2D eigenvalue weighted by atomic mass is 9.72. The van der Waals surface area contributed by atoms with E-state index in [0.29, 0.717) is 12.0 Å². The summed E-state index contributed by atoms with van der Waals surface area (Å²) in [5.41, 5.74) is 2.37. The number of benzene rings is 1. The number of likely N-dealkylation sites (tertiary alicyclic amines) is 1. The standard InChI is InChI=1S/C22H31NO2/c1-17-15-23(18(2)20-12-8-5-9-13-20)16-22(17,21(24)25-3)14-19-10-6-4-7-11-19/h5,8-10,12-13,17-18H,4,6-7,11,14-16H2,1-3H3/t17-,18-,22-/m1/s1. The van der Waals surface area contributed by atoms with Gasteiger partial charge in [-0.1, -0.05) is 48.9 Å². The van der Waals surface area contributed by atoms with Crippen LogP contribution in [-0.4, -0.2) is 31.1 Å². The zero-order chi connectivity index (χ0) is 17.9. The lowest BCUT2D eigenvalue weighted by Crippen LogP contribution is -2.40. The van der Waals surface area contributed by atoms with E-state index in [2.05, 4.69) is 55.2 Å². The number of nitrogens with zero attached hydrogens (tertiary/aromatic N) is 1. The van der Waals surface area contributed by atoms with Gasteiger partial charge in [-0.05, 0) is 50.5 Å². The van der Waals surface area contributed by atoms with Crippen molar-refractivity contribution in [3.63, 3.8) is 0 Å². The molecule has 136 valence electrons. The van der Waals surface area contributed by atoms with Crippen molar-refractivity contribution in [2.45, 2.75) is 52.0 Å². The molecule has 2 aliphatic rings. The Kier molecular flexibility index (Phi) is 5.63. The molecule has 0 unspecified atom stereocenters. The average molecular weight is 341 g/mol. The van der Waals surface area contributed by atoms with Crippen LogP contribution < -0.4 is 0 Å². The highest BCUT2D eigenvalue weighted by Gasteiger charge is 2.52. The van der Waals surface area contributed by atoms with Crippen LogP contribution >= 0.6 is 0 Å². The van der Waals surface area contributed by atoms with Gasteiger partial charge < -0.3 is 4.74 Å². The number of carbonyl (C=O) groups is 1. The number of allylic oxidation sites excluding steroid dienone is 2. The molecule has 1 heterocycles. The number of carbonyl (C=O) groups excluding carboxylic acids is 1. The van der Waals surface area contributed by atoms with Gasteiger partial charge in [0.2, 0.25) is 0 Å². The number of esters is 1. The molecule has 0 spiro atoms. The minimum Gasteiger partial charge on any atom is -0.469 e. The average Bonchev–Trinajstić information content (AvgIpc) is 2.99. The molecule has 3 heteroatoms. The maximum atomic E-state index is 12.8. The number of methoxy groups -OCH3 is 1. The Balaban J connectivity index is 1.83. The van der Waals surface area contributed by atoms with Crippen molar-refractivity contribution in [1.29, 1.82) is 0 Å². The lowest BCUT2D eigenvalue weighted by molar-refractivity contribution is -0.154. The van der Waals surface area contributed by atoms with E-state index in [-0.39, 0.29) is 5.97 Å². The van der Waals surface area contributed by atoms with Crippen LogP contribution in [0.3, 0.4) is 0 Å². The Hall–Kier alpha value is -1.61. The van der Waals surface area contributed by atoms with Gasteiger partial charge in [0.1, 0.15) is 0 Å². The van der Waals surface area contributed by atoms with Gasteiger partial charge >= 0.3 is 5.97 Å². The summed E-state index contributed by atoms with van der Waals surface area (Å²) in [6.07, 6.45) is 8.05. The predicted octanol–water partition coefficient (Wildman–Crippen LogP) is 4.75. The first-order valence-electron chi connectivity index (χ1n) is 9.62. The largest absolute Gasteiger partial charge is 0.469 e. The maximum Gasteiger partial charge on any atom is 0.313 e. The molecule has 0 amide bonds. The van der Waals surface area contributed by atoms with E-state index in [1.807, 2.05) is 0 Å². The van der Waals surface area contributed by atoms with Gasteiger partial charge in [-0.25, -0.2) is 0 Å². The molecule has 3 nitrogen and oxygen atoms in total. The van der Waals surface area contributed by atoms with Crippen LogP contribution in [0.15, 0.2) is 42.0 Å². The monoisotopic (exact) mass is 341 g/mol. The van der Waals surface area contributed by atoms with Crippen LogP contribution in [0, 0.1) is 11.3 Å². The van der Waals surface area contributed by atoms with Gasteiger partial charge in [0.05, 0.1) is 12.5 Å². The maximum absolute atomic E-state index is 12.8. The Bertz CT molecular complexity index is 624. The van der Waals surface area contributed by atoms with Crippen LogP contribution in [0.5, 0.6) is 0 Å². The molecule has 0 aromatic heterocycles. The highest BCUT2D eigenvalue weighted by atomic mass is 16.5. The molecule has 1 aromatic carbocycles. The highest BCUT2D eigenvalue weighted by molar-refractivity contribution is 5.78. The first-order valence-corrected chi connectivity index (χ1v) is 9.62. The smallest absolute Gasteiger partial charge is 0.313 e. The normalized spacial score (nSPS) is 28.4. The summed E-state index contributed by atoms with van der Waals surface area (Å²) in [6.45, 7) is 6.19. The SMILES string of the molecule is COC(=O)[C@]1(CC2=CCCCC2)CN([C@H](C)c2ccccc2)C[C@H]1C. The molecule has 3 rings (SSSR count). The Morgan fingerprint density at radius 3 is 2.72 bits per heavy atom. The second kappa shape index (κ2) is 7.74. The number of hydrogen-bond acceptors (Lipinski definition) is 3. The highest BCUT2D eigenvalue weighted by Crippen LogP contribution is 2.46. The molecule has 0 radical (unpaired) electrons. The van der Waals surface area contributed by atoms with Crippen molar-refractivity contribution in [3.8, 4) is 0 Å². The van der Waals surface area contributed by atoms with E-state index in [1.165, 1.54) is 31.1 Å². The predicted molar refractivity (Wildman–Crippen MR) is 101 cm³/mol. The zero-order valence-corrected chi connectivity index (χ0v) is 15.8. The first kappa shape index (κ1) is 18.2. The van der Waals surface area contributed by atoms with Crippen LogP contribution in [0.25, 0.3) is 0 Å². The zero-order valence-electron chi connectivity index (χ0n) is 15.8. The second-order valence-corrected chi connectivity index (χ2v) is 7.85. The van der Waals surface area contributed by atoms with E-state index >= 15 is 0 Å². The van der Waals surface area contributed by atoms with E-state index in [9.17, 15) is 4.79 Å². The second-order valence-electron chi connectivity index (χ2n) is 7.85. The summed E-state index contributed by atoms with van der Waals surface area (Å²) >= 11 is 0. The van der Waals surface area contributed by atoms with Crippen molar-refractivity contribution in [2.24, 2.45) is 11.3 Å². The van der Waals surface area contributed by atoms with Gasteiger partial charge in [0.15, 0.2) is 0 Å². The van der Waals surface area contributed by atoms with Crippen molar-refractivity contribution >= 4 is 5.97 Å². The third-order valence-electron chi connectivity index (χ3n) is 6.29. The molecule has 0 N–H and O–H groups in total. The molecule has 25 heavy (non-hydrogen) atoms. The van der Waals surface area contributed by atoms with Gasteiger partial charge in [-0.2, -0.15) is 0 Å². The minimum atomic E-state index is -0.402. The van der Waals surface area contributed by atoms with Crippen molar-refractivity contribution in [3.05, 3.63) is 47.5 Å². The summed E-state index contributed by atoms with van der Waals surface area (Å²) in [4.78, 5) is 15.3. The fraction of sp³-hybridized carbons (Fsp3) is 0.591. The molecular weight excluding hydrogens is 310 g/mol. The molecule has 1 saturated heterocycles. The summed E-state index contributed by atoms with van der Waals surface area (Å²) in [5, 5.41) is 0. The molecule has 1 aromatic rings. The van der Waals surface area contributed by atoms with Crippen molar-refractivity contribution in [1.82, 2.24) is 4.90 Å². The van der Waals surface area contributed by atoms with Crippen molar-refractivity contribution in [2.75, 3.05) is 20.2 Å². The van der Waals surface area contributed by atoms with E-state index < -0.39 is 5.41 Å². The Morgan fingerprint density at radius 2 is 2.08 bits per heavy atom. The molecule has 3 atom stereocenters. The third-order valence-corrected chi connectivity index (χ3v) is 6.29. The topological polar surface area (TPSA) is 29.5 Å². The quantitative estimate of drug-likeness (QED) is 0.572. The number of rotatable bonds is 5. The van der Waals surface area contributed by atoms with Gasteiger partial charge in [0, 0.05) is 19.1 Å². The molecule has 0 bridgehead atoms. The van der Waals surface area contributed by atoms with Gasteiger partial charge in [-0.3, -0.25) is 9.69 Å². The van der Waals surface area contributed by atoms with Gasteiger partial charge in [-0.15, -0.1) is 0 Å². The molecular formula is C22H31NO2. The fourth-order valence-electron chi connectivity index (χ4n) is 4.59. The summed E-state index contributed by atoms with van der Waals surface area (Å²) < 4.78 is 5.29.